The topological polar surface area (TPSA) is 77.0 Å². The highest BCUT2D eigenvalue weighted by Gasteiger charge is 2.27. The van der Waals surface area contributed by atoms with Crippen LogP contribution in [0.1, 0.15) is 23.7 Å². The van der Waals surface area contributed by atoms with E-state index in [2.05, 4.69) is 5.10 Å². The van der Waals surface area contributed by atoms with Gasteiger partial charge in [0.15, 0.2) is 5.65 Å². The standard InChI is InChI=1S/C19H21N5O/c1-2-24-18-16(11-21-24)15(19(25)23-9-8-14(20)12-23)10-17(22-18)13-6-4-3-5-7-13/h3-7,10-11,14H,2,8-9,12,20H2,1H3/t14-/m1/s1. The lowest BCUT2D eigenvalue weighted by atomic mass is 10.1. The summed E-state index contributed by atoms with van der Waals surface area (Å²) in [4.78, 5) is 19.7. The smallest absolute Gasteiger partial charge is 0.254 e. The molecule has 3 aromatic rings. The van der Waals surface area contributed by atoms with E-state index < -0.39 is 0 Å². The zero-order valence-electron chi connectivity index (χ0n) is 14.2. The third kappa shape index (κ3) is 2.78. The first-order chi connectivity index (χ1) is 12.2. The highest BCUT2D eigenvalue weighted by Crippen LogP contribution is 2.26. The van der Waals surface area contributed by atoms with Gasteiger partial charge in [-0.2, -0.15) is 5.10 Å². The van der Waals surface area contributed by atoms with Crippen molar-refractivity contribution in [3.63, 3.8) is 0 Å². The Hall–Kier alpha value is -2.73. The molecule has 1 fully saturated rings. The van der Waals surface area contributed by atoms with Crippen LogP contribution in [0, 0.1) is 0 Å². The molecule has 6 nitrogen and oxygen atoms in total. The molecule has 1 amide bonds. The van der Waals surface area contributed by atoms with Crippen LogP contribution in [-0.2, 0) is 6.54 Å². The Kier molecular flexibility index (Phi) is 3.97. The summed E-state index contributed by atoms with van der Waals surface area (Å²) in [5, 5.41) is 5.19. The molecular formula is C19H21N5O. The van der Waals surface area contributed by atoms with Crippen LogP contribution in [-0.4, -0.2) is 44.7 Å². The van der Waals surface area contributed by atoms with Crippen LogP contribution < -0.4 is 5.73 Å². The fraction of sp³-hybridized carbons (Fsp3) is 0.316. The van der Waals surface area contributed by atoms with Gasteiger partial charge in [-0.3, -0.25) is 4.79 Å². The third-order valence-electron chi connectivity index (χ3n) is 4.72. The number of likely N-dealkylation sites (tertiary alicyclic amines) is 1. The van der Waals surface area contributed by atoms with Crippen molar-refractivity contribution in [2.24, 2.45) is 5.73 Å². The van der Waals surface area contributed by atoms with Gasteiger partial charge in [-0.25, -0.2) is 9.67 Å². The van der Waals surface area contributed by atoms with E-state index in [0.29, 0.717) is 25.2 Å². The van der Waals surface area contributed by atoms with E-state index in [1.807, 2.05) is 52.9 Å². The minimum absolute atomic E-state index is 0.00758. The average molecular weight is 335 g/mol. The lowest BCUT2D eigenvalue weighted by molar-refractivity contribution is 0.0793. The van der Waals surface area contributed by atoms with Crippen LogP contribution in [0.5, 0.6) is 0 Å². The normalized spacial score (nSPS) is 17.4. The van der Waals surface area contributed by atoms with Gasteiger partial charge in [0, 0.05) is 31.2 Å². The second kappa shape index (κ2) is 6.29. The largest absolute Gasteiger partial charge is 0.337 e. The predicted octanol–water partition coefficient (Wildman–Crippen LogP) is 2.29. The van der Waals surface area contributed by atoms with Crippen molar-refractivity contribution in [1.82, 2.24) is 19.7 Å². The molecule has 1 aliphatic heterocycles. The van der Waals surface area contributed by atoms with Gasteiger partial charge in [0.2, 0.25) is 0 Å². The van der Waals surface area contributed by atoms with E-state index in [0.717, 1.165) is 28.7 Å². The summed E-state index contributed by atoms with van der Waals surface area (Å²) in [5.41, 5.74) is 9.15. The second-order valence-electron chi connectivity index (χ2n) is 6.42. The van der Waals surface area contributed by atoms with Crippen molar-refractivity contribution in [2.75, 3.05) is 13.1 Å². The number of fused-ring (bicyclic) bond motifs is 1. The number of benzene rings is 1. The highest BCUT2D eigenvalue weighted by atomic mass is 16.2. The van der Waals surface area contributed by atoms with Crippen molar-refractivity contribution in [3.8, 4) is 11.3 Å². The van der Waals surface area contributed by atoms with Gasteiger partial charge in [-0.15, -0.1) is 0 Å². The van der Waals surface area contributed by atoms with E-state index in [-0.39, 0.29) is 11.9 Å². The number of amides is 1. The number of nitrogens with zero attached hydrogens (tertiary/aromatic N) is 4. The molecule has 0 spiro atoms. The molecule has 1 saturated heterocycles. The first-order valence-electron chi connectivity index (χ1n) is 8.64. The monoisotopic (exact) mass is 335 g/mol. The summed E-state index contributed by atoms with van der Waals surface area (Å²) in [6.07, 6.45) is 2.59. The molecule has 25 heavy (non-hydrogen) atoms. The number of hydrogen-bond donors (Lipinski definition) is 1. The molecule has 1 aliphatic rings. The SMILES string of the molecule is CCn1ncc2c(C(=O)N3CC[C@@H](N)C3)cc(-c3ccccc3)nc21. The minimum atomic E-state index is 0.00758. The second-order valence-corrected chi connectivity index (χ2v) is 6.42. The third-order valence-corrected chi connectivity index (χ3v) is 4.72. The van der Waals surface area contributed by atoms with Crippen LogP contribution in [0.25, 0.3) is 22.3 Å². The summed E-state index contributed by atoms with van der Waals surface area (Å²) in [6.45, 7) is 4.03. The molecule has 0 aliphatic carbocycles. The molecule has 1 atom stereocenters. The Balaban J connectivity index is 1.87. The van der Waals surface area contributed by atoms with Gasteiger partial charge in [0.05, 0.1) is 22.8 Å². The maximum absolute atomic E-state index is 13.1. The number of nitrogens with two attached hydrogens (primary N) is 1. The first kappa shape index (κ1) is 15.8. The van der Waals surface area contributed by atoms with Crippen LogP contribution in [0.3, 0.4) is 0 Å². The number of rotatable bonds is 3. The van der Waals surface area contributed by atoms with Crippen molar-refractivity contribution in [1.29, 1.82) is 0 Å². The van der Waals surface area contributed by atoms with E-state index in [9.17, 15) is 4.79 Å². The van der Waals surface area contributed by atoms with Gasteiger partial charge < -0.3 is 10.6 Å². The van der Waals surface area contributed by atoms with Crippen LogP contribution in [0.4, 0.5) is 0 Å². The average Bonchev–Trinajstić information content (AvgIpc) is 3.27. The van der Waals surface area contributed by atoms with E-state index in [1.54, 1.807) is 6.20 Å². The van der Waals surface area contributed by atoms with E-state index in [1.165, 1.54) is 0 Å². The van der Waals surface area contributed by atoms with Gasteiger partial charge in [-0.05, 0) is 19.4 Å². The van der Waals surface area contributed by atoms with Crippen LogP contribution >= 0.6 is 0 Å². The van der Waals surface area contributed by atoms with Crippen molar-refractivity contribution >= 4 is 16.9 Å². The summed E-state index contributed by atoms with van der Waals surface area (Å²) < 4.78 is 1.83. The molecule has 0 unspecified atom stereocenters. The molecule has 2 N–H and O–H groups in total. The molecule has 0 radical (unpaired) electrons. The van der Waals surface area contributed by atoms with E-state index in [4.69, 9.17) is 10.7 Å². The molecular weight excluding hydrogens is 314 g/mol. The zero-order valence-corrected chi connectivity index (χ0v) is 14.2. The Bertz CT molecular complexity index is 918. The molecule has 2 aromatic heterocycles. The number of pyridine rings is 1. The Labute approximate surface area is 146 Å². The minimum Gasteiger partial charge on any atom is -0.337 e. The Morgan fingerprint density at radius 2 is 2.12 bits per heavy atom. The first-order valence-corrected chi connectivity index (χ1v) is 8.64. The lowest BCUT2D eigenvalue weighted by Crippen LogP contribution is -2.32. The van der Waals surface area contributed by atoms with Gasteiger partial charge >= 0.3 is 0 Å². The molecule has 1 aromatic carbocycles. The number of carbonyl (C=O) groups is 1. The molecule has 3 heterocycles. The molecule has 0 saturated carbocycles. The van der Waals surface area contributed by atoms with Crippen molar-refractivity contribution in [2.45, 2.75) is 25.9 Å². The Morgan fingerprint density at radius 3 is 2.80 bits per heavy atom. The lowest BCUT2D eigenvalue weighted by Gasteiger charge is -2.17. The summed E-state index contributed by atoms with van der Waals surface area (Å²) >= 11 is 0. The maximum atomic E-state index is 13.1. The molecule has 6 heteroatoms. The highest BCUT2D eigenvalue weighted by molar-refractivity contribution is 6.06. The van der Waals surface area contributed by atoms with Gasteiger partial charge in [0.25, 0.3) is 5.91 Å². The van der Waals surface area contributed by atoms with Crippen LogP contribution in [0.15, 0.2) is 42.6 Å². The van der Waals surface area contributed by atoms with Crippen LogP contribution in [0.2, 0.25) is 0 Å². The predicted molar refractivity (Wildman–Crippen MR) is 97.1 cm³/mol. The fourth-order valence-corrected chi connectivity index (χ4v) is 3.35. The van der Waals surface area contributed by atoms with E-state index >= 15 is 0 Å². The number of aromatic nitrogens is 3. The Morgan fingerprint density at radius 1 is 1.32 bits per heavy atom. The van der Waals surface area contributed by atoms with Crippen molar-refractivity contribution < 1.29 is 4.79 Å². The summed E-state index contributed by atoms with van der Waals surface area (Å²) in [7, 11) is 0. The molecule has 0 bridgehead atoms. The maximum Gasteiger partial charge on any atom is 0.254 e. The van der Waals surface area contributed by atoms with Gasteiger partial charge in [0.1, 0.15) is 0 Å². The number of aryl methyl sites for hydroxylation is 1. The summed E-state index contributed by atoms with van der Waals surface area (Å²) in [5.74, 6) is 0.00758. The quantitative estimate of drug-likeness (QED) is 0.797. The molecule has 4 rings (SSSR count). The van der Waals surface area contributed by atoms with Gasteiger partial charge in [-0.1, -0.05) is 30.3 Å². The number of carbonyl (C=O) groups excluding carboxylic acids is 1. The number of hydrogen-bond acceptors (Lipinski definition) is 4. The zero-order chi connectivity index (χ0) is 17.4. The fourth-order valence-electron chi connectivity index (χ4n) is 3.35. The summed E-state index contributed by atoms with van der Waals surface area (Å²) in [6, 6.07) is 11.9. The van der Waals surface area contributed by atoms with Crippen molar-refractivity contribution in [3.05, 3.63) is 48.2 Å². The molecule has 128 valence electrons.